The van der Waals surface area contributed by atoms with E-state index in [1.165, 1.54) is 0 Å². The van der Waals surface area contributed by atoms with Gasteiger partial charge in [0, 0.05) is 42.0 Å². The number of ether oxygens (including phenoxy) is 1. The first-order valence-electron chi connectivity index (χ1n) is 11.0. The van der Waals surface area contributed by atoms with Crippen LogP contribution in [0.25, 0.3) is 0 Å². The van der Waals surface area contributed by atoms with Crippen LogP contribution in [0.4, 0.5) is 5.69 Å². The quantitative estimate of drug-likeness (QED) is 0.788. The van der Waals surface area contributed by atoms with Gasteiger partial charge >= 0.3 is 0 Å². The molecular formula is C25H31N3O3. The highest BCUT2D eigenvalue weighted by atomic mass is 16.5. The number of nitrogens with one attached hydrogen (secondary N) is 1. The molecule has 0 aromatic heterocycles. The Bertz CT molecular complexity index is 947. The summed E-state index contributed by atoms with van der Waals surface area (Å²) in [5.74, 6) is 0.446. The van der Waals surface area contributed by atoms with Crippen LogP contribution in [0.2, 0.25) is 0 Å². The van der Waals surface area contributed by atoms with Crippen molar-refractivity contribution < 1.29 is 14.3 Å². The first kappa shape index (κ1) is 21.4. The van der Waals surface area contributed by atoms with Crippen molar-refractivity contribution in [2.45, 2.75) is 46.1 Å². The van der Waals surface area contributed by atoms with Crippen molar-refractivity contribution in [3.8, 4) is 0 Å². The fourth-order valence-corrected chi connectivity index (χ4v) is 4.50. The average molecular weight is 422 g/mol. The lowest BCUT2D eigenvalue weighted by atomic mass is 10.1. The smallest absolute Gasteiger partial charge is 0.256 e. The van der Waals surface area contributed by atoms with Crippen molar-refractivity contribution in [1.82, 2.24) is 9.80 Å². The van der Waals surface area contributed by atoms with Crippen LogP contribution >= 0.6 is 0 Å². The summed E-state index contributed by atoms with van der Waals surface area (Å²) in [6.07, 6.45) is -0.130. The topological polar surface area (TPSA) is 61.9 Å². The predicted molar refractivity (Wildman–Crippen MR) is 121 cm³/mol. The van der Waals surface area contributed by atoms with E-state index in [1.54, 1.807) is 0 Å². The molecule has 1 fully saturated rings. The first-order chi connectivity index (χ1) is 14.8. The summed E-state index contributed by atoms with van der Waals surface area (Å²) in [6.45, 7) is 10.1. The Morgan fingerprint density at radius 2 is 1.71 bits per heavy atom. The molecule has 0 bridgehead atoms. The van der Waals surface area contributed by atoms with Crippen LogP contribution in [0.5, 0.6) is 0 Å². The molecule has 4 rings (SSSR count). The Labute approximate surface area is 184 Å². The number of benzene rings is 2. The number of hydrogen-bond acceptors (Lipinski definition) is 4. The molecule has 6 nitrogen and oxygen atoms in total. The third kappa shape index (κ3) is 4.44. The van der Waals surface area contributed by atoms with Crippen molar-refractivity contribution in [1.29, 1.82) is 0 Å². The molecule has 2 aromatic rings. The molecule has 3 atom stereocenters. The molecule has 0 saturated carbocycles. The molecule has 0 spiro atoms. The van der Waals surface area contributed by atoms with E-state index < -0.39 is 0 Å². The van der Waals surface area contributed by atoms with Crippen LogP contribution in [0.3, 0.4) is 0 Å². The fraction of sp³-hybridized carbons (Fsp3) is 0.440. The summed E-state index contributed by atoms with van der Waals surface area (Å²) in [7, 11) is 0. The van der Waals surface area contributed by atoms with Gasteiger partial charge in [0.2, 0.25) is 0 Å². The minimum Gasteiger partial charge on any atom is -0.372 e. The molecule has 1 saturated heterocycles. The summed E-state index contributed by atoms with van der Waals surface area (Å²) >= 11 is 0. The SMILES string of the molecule is CC(C)CN1C(=O)c2ccccc2[C@H]1Nc1ccc(C(=O)N2C[C@H](C)O[C@@H](C)C2)cc1. The van der Waals surface area contributed by atoms with Crippen LogP contribution in [0.15, 0.2) is 48.5 Å². The summed E-state index contributed by atoms with van der Waals surface area (Å²) < 4.78 is 5.73. The summed E-state index contributed by atoms with van der Waals surface area (Å²) in [4.78, 5) is 29.6. The standard InChI is InChI=1S/C25H31N3O3/c1-16(2)13-28-23(21-7-5-6-8-22(21)25(28)30)26-20-11-9-19(10-12-20)24(29)27-14-17(3)31-18(4)15-27/h5-12,16-18,23,26H,13-15H2,1-4H3/t17-,18-,23-/m0/s1. The van der Waals surface area contributed by atoms with Gasteiger partial charge in [-0.05, 0) is 50.1 Å². The Hall–Kier alpha value is -2.86. The number of fused-ring (bicyclic) bond motifs is 1. The Kier molecular flexibility index (Phi) is 6.01. The minimum absolute atomic E-state index is 0.0244. The summed E-state index contributed by atoms with van der Waals surface area (Å²) in [6, 6.07) is 15.3. The highest BCUT2D eigenvalue weighted by Crippen LogP contribution is 2.35. The predicted octanol–water partition coefficient (Wildman–Crippen LogP) is 4.16. The van der Waals surface area contributed by atoms with E-state index in [0.29, 0.717) is 31.1 Å². The molecule has 2 aliphatic heterocycles. The van der Waals surface area contributed by atoms with Crippen molar-refractivity contribution in [2.75, 3.05) is 25.0 Å². The summed E-state index contributed by atoms with van der Waals surface area (Å²) in [5.41, 5.74) is 3.28. The lowest BCUT2D eigenvalue weighted by Gasteiger charge is -2.35. The number of amides is 2. The second-order valence-electron chi connectivity index (χ2n) is 9.03. The van der Waals surface area contributed by atoms with Gasteiger partial charge in [-0.25, -0.2) is 0 Å². The molecule has 31 heavy (non-hydrogen) atoms. The van der Waals surface area contributed by atoms with Crippen LogP contribution in [-0.2, 0) is 4.74 Å². The zero-order valence-electron chi connectivity index (χ0n) is 18.7. The maximum Gasteiger partial charge on any atom is 0.256 e. The van der Waals surface area contributed by atoms with Crippen LogP contribution < -0.4 is 5.32 Å². The number of anilines is 1. The van der Waals surface area contributed by atoms with Gasteiger partial charge in [0.1, 0.15) is 6.17 Å². The second-order valence-corrected chi connectivity index (χ2v) is 9.03. The molecule has 2 heterocycles. The van der Waals surface area contributed by atoms with E-state index >= 15 is 0 Å². The Morgan fingerprint density at radius 3 is 2.35 bits per heavy atom. The van der Waals surface area contributed by atoms with E-state index in [9.17, 15) is 9.59 Å². The number of nitrogens with zero attached hydrogens (tertiary/aromatic N) is 2. The van der Waals surface area contributed by atoms with Gasteiger partial charge in [-0.1, -0.05) is 32.0 Å². The highest BCUT2D eigenvalue weighted by molar-refractivity contribution is 5.99. The van der Waals surface area contributed by atoms with Gasteiger partial charge in [-0.3, -0.25) is 9.59 Å². The third-order valence-corrected chi connectivity index (χ3v) is 5.76. The van der Waals surface area contributed by atoms with E-state index in [1.807, 2.05) is 72.2 Å². The monoisotopic (exact) mass is 421 g/mol. The lowest BCUT2D eigenvalue weighted by Crippen LogP contribution is -2.48. The molecule has 2 aliphatic rings. The molecule has 6 heteroatoms. The highest BCUT2D eigenvalue weighted by Gasteiger charge is 2.36. The van der Waals surface area contributed by atoms with E-state index in [0.717, 1.165) is 16.8 Å². The van der Waals surface area contributed by atoms with Crippen LogP contribution in [-0.4, -0.2) is 53.5 Å². The molecular weight excluding hydrogens is 390 g/mol. The van der Waals surface area contributed by atoms with Crippen LogP contribution in [0, 0.1) is 5.92 Å². The molecule has 0 radical (unpaired) electrons. The van der Waals surface area contributed by atoms with Crippen molar-refractivity contribution in [2.24, 2.45) is 5.92 Å². The van der Waals surface area contributed by atoms with Crippen molar-refractivity contribution in [3.63, 3.8) is 0 Å². The molecule has 0 unspecified atom stereocenters. The van der Waals surface area contributed by atoms with Gasteiger partial charge in [-0.15, -0.1) is 0 Å². The van der Waals surface area contributed by atoms with E-state index in [4.69, 9.17) is 4.74 Å². The van der Waals surface area contributed by atoms with E-state index in [2.05, 4.69) is 19.2 Å². The fourth-order valence-electron chi connectivity index (χ4n) is 4.50. The zero-order chi connectivity index (χ0) is 22.1. The van der Waals surface area contributed by atoms with Gasteiger partial charge < -0.3 is 19.9 Å². The maximum atomic E-state index is 12.9. The minimum atomic E-state index is -0.214. The normalized spacial score (nSPS) is 23.3. The second kappa shape index (κ2) is 8.71. The number of carbonyl (C=O) groups is 2. The Balaban J connectivity index is 1.51. The zero-order valence-corrected chi connectivity index (χ0v) is 18.7. The molecule has 2 amide bonds. The van der Waals surface area contributed by atoms with Gasteiger partial charge in [0.15, 0.2) is 0 Å². The van der Waals surface area contributed by atoms with Crippen molar-refractivity contribution >= 4 is 17.5 Å². The molecule has 0 aliphatic carbocycles. The number of rotatable bonds is 5. The van der Waals surface area contributed by atoms with Crippen molar-refractivity contribution in [3.05, 3.63) is 65.2 Å². The van der Waals surface area contributed by atoms with Gasteiger partial charge in [0.05, 0.1) is 12.2 Å². The van der Waals surface area contributed by atoms with Gasteiger partial charge in [0.25, 0.3) is 11.8 Å². The molecule has 1 N–H and O–H groups in total. The number of hydrogen-bond donors (Lipinski definition) is 1. The van der Waals surface area contributed by atoms with Crippen LogP contribution in [0.1, 0.15) is 60.1 Å². The largest absolute Gasteiger partial charge is 0.372 e. The van der Waals surface area contributed by atoms with E-state index in [-0.39, 0.29) is 30.2 Å². The third-order valence-electron chi connectivity index (χ3n) is 5.76. The average Bonchev–Trinajstić information content (AvgIpc) is 2.99. The summed E-state index contributed by atoms with van der Waals surface area (Å²) in [5, 5.41) is 3.50. The number of carbonyl (C=O) groups excluding carboxylic acids is 2. The first-order valence-corrected chi connectivity index (χ1v) is 11.0. The number of morpholine rings is 1. The lowest BCUT2D eigenvalue weighted by molar-refractivity contribution is -0.0586. The molecule has 164 valence electrons. The Morgan fingerprint density at radius 1 is 1.06 bits per heavy atom. The molecule has 2 aromatic carbocycles. The van der Waals surface area contributed by atoms with Gasteiger partial charge in [-0.2, -0.15) is 0 Å². The maximum absolute atomic E-state index is 12.9.